The Kier molecular flexibility index (Phi) is 8.31. The second-order valence-electron chi connectivity index (χ2n) is 12.2. The number of carbonyl (C=O) groups is 1. The van der Waals surface area contributed by atoms with Gasteiger partial charge in [0.15, 0.2) is 0 Å². The fourth-order valence-corrected chi connectivity index (χ4v) is 6.11. The van der Waals surface area contributed by atoms with Crippen molar-refractivity contribution in [3.63, 3.8) is 0 Å². The van der Waals surface area contributed by atoms with Crippen molar-refractivity contribution in [2.24, 2.45) is 4.99 Å². The van der Waals surface area contributed by atoms with Crippen LogP contribution in [0.4, 0.5) is 4.79 Å². The molecule has 2 atom stereocenters. The predicted octanol–water partition coefficient (Wildman–Crippen LogP) is 7.00. The average Bonchev–Trinajstić information content (AvgIpc) is 3.21. The van der Waals surface area contributed by atoms with Crippen molar-refractivity contribution < 1.29 is 9.53 Å². The number of nitrogens with zero attached hydrogens (tertiary/aromatic N) is 4. The number of nitrogens with one attached hydrogen (secondary N) is 1. The number of ether oxygens (including phenoxy) is 1. The van der Waals surface area contributed by atoms with Crippen LogP contribution in [0.1, 0.15) is 63.9 Å². The molecule has 0 bridgehead atoms. The van der Waals surface area contributed by atoms with Crippen LogP contribution in [-0.4, -0.2) is 59.4 Å². The number of carbonyl (C=O) groups excluding carboxylic acids is 1. The molecule has 9 heteroatoms. The lowest BCUT2D eigenvalue weighted by Crippen LogP contribution is -2.60. The second kappa shape index (κ2) is 11.5. The number of benzene rings is 2. The maximum atomic E-state index is 14.7. The van der Waals surface area contributed by atoms with Gasteiger partial charge in [0.25, 0.3) is 0 Å². The minimum atomic E-state index is -0.950. The van der Waals surface area contributed by atoms with Crippen LogP contribution in [0.2, 0.25) is 10.0 Å². The lowest BCUT2D eigenvalue weighted by atomic mass is 9.71. The first-order chi connectivity index (χ1) is 19.9. The molecule has 1 saturated heterocycles. The highest BCUT2D eigenvalue weighted by Crippen LogP contribution is 2.54. The van der Waals surface area contributed by atoms with Gasteiger partial charge in [0, 0.05) is 59.6 Å². The standard InChI is InChI=1S/C33H39Cl2N5O2/c1-7-42-27-20-28(31(2,3)4)37-21-26(27)29-38-32(5,22-8-12-24(34)13-9-22)33(6,23-10-14-25(35)15-11-23)40(29)30(41)39-18-16-36-17-19-39/h8-15,20-21,36H,7,16-19H2,1-6H3/t32-,33+/m0/s1. The molecule has 1 N–H and O–H groups in total. The number of urea groups is 1. The number of pyridine rings is 1. The first-order valence-electron chi connectivity index (χ1n) is 14.5. The van der Waals surface area contributed by atoms with E-state index in [1.165, 1.54) is 0 Å². The Morgan fingerprint density at radius 1 is 0.976 bits per heavy atom. The van der Waals surface area contributed by atoms with E-state index in [1.807, 2.05) is 71.3 Å². The Bertz CT molecular complexity index is 1480. The molecule has 2 amide bonds. The molecule has 0 saturated carbocycles. The molecule has 42 heavy (non-hydrogen) atoms. The molecule has 5 rings (SSSR count). The zero-order chi connectivity index (χ0) is 30.3. The van der Waals surface area contributed by atoms with Crippen molar-refractivity contribution in [1.29, 1.82) is 0 Å². The van der Waals surface area contributed by atoms with Crippen molar-refractivity contribution in [3.05, 3.63) is 93.2 Å². The van der Waals surface area contributed by atoms with Gasteiger partial charge in [0.1, 0.15) is 22.7 Å². The van der Waals surface area contributed by atoms with Gasteiger partial charge in [-0.15, -0.1) is 0 Å². The third-order valence-electron chi connectivity index (χ3n) is 8.50. The van der Waals surface area contributed by atoms with Crippen LogP contribution in [0.3, 0.4) is 0 Å². The third kappa shape index (κ3) is 5.27. The van der Waals surface area contributed by atoms with E-state index in [4.69, 9.17) is 37.9 Å². The molecule has 1 fully saturated rings. The van der Waals surface area contributed by atoms with E-state index in [-0.39, 0.29) is 11.4 Å². The van der Waals surface area contributed by atoms with Gasteiger partial charge >= 0.3 is 6.03 Å². The zero-order valence-corrected chi connectivity index (χ0v) is 26.7. The molecule has 3 heterocycles. The molecule has 2 aromatic carbocycles. The van der Waals surface area contributed by atoms with Gasteiger partial charge in [-0.1, -0.05) is 68.2 Å². The van der Waals surface area contributed by atoms with Gasteiger partial charge in [0.05, 0.1) is 12.2 Å². The van der Waals surface area contributed by atoms with Crippen LogP contribution < -0.4 is 10.1 Å². The van der Waals surface area contributed by atoms with Crippen molar-refractivity contribution in [1.82, 2.24) is 20.1 Å². The number of hydrogen-bond donors (Lipinski definition) is 1. The van der Waals surface area contributed by atoms with E-state index in [0.717, 1.165) is 29.9 Å². The molecular weight excluding hydrogens is 569 g/mol. The Balaban J connectivity index is 1.80. The Morgan fingerprint density at radius 2 is 1.55 bits per heavy atom. The van der Waals surface area contributed by atoms with Gasteiger partial charge in [-0.3, -0.25) is 14.9 Å². The summed E-state index contributed by atoms with van der Waals surface area (Å²) in [5.74, 6) is 1.16. The number of amides is 2. The van der Waals surface area contributed by atoms with Gasteiger partial charge in [0.2, 0.25) is 0 Å². The topological polar surface area (TPSA) is 70.1 Å². The molecule has 2 aliphatic heterocycles. The number of aliphatic imine (C=N–C) groups is 1. The largest absolute Gasteiger partial charge is 0.493 e. The molecule has 0 aliphatic carbocycles. The lowest BCUT2D eigenvalue weighted by Gasteiger charge is -2.47. The van der Waals surface area contributed by atoms with E-state index in [1.54, 1.807) is 6.20 Å². The lowest BCUT2D eigenvalue weighted by molar-refractivity contribution is 0.104. The van der Waals surface area contributed by atoms with Gasteiger partial charge < -0.3 is 15.0 Å². The summed E-state index contributed by atoms with van der Waals surface area (Å²) in [5.41, 5.74) is 1.36. The number of hydrogen-bond acceptors (Lipinski definition) is 5. The van der Waals surface area contributed by atoms with Crippen LogP contribution in [0, 0.1) is 0 Å². The Morgan fingerprint density at radius 3 is 2.10 bits per heavy atom. The minimum absolute atomic E-state index is 0.118. The van der Waals surface area contributed by atoms with Gasteiger partial charge in [-0.2, -0.15) is 0 Å². The van der Waals surface area contributed by atoms with E-state index < -0.39 is 11.1 Å². The summed E-state index contributed by atoms with van der Waals surface area (Å²) >= 11 is 12.7. The molecule has 0 radical (unpaired) electrons. The second-order valence-corrected chi connectivity index (χ2v) is 13.1. The molecule has 0 unspecified atom stereocenters. The number of halogens is 2. The van der Waals surface area contributed by atoms with E-state index >= 15 is 0 Å². The number of amidine groups is 1. The van der Waals surface area contributed by atoms with Gasteiger partial charge in [-0.05, 0) is 56.2 Å². The van der Waals surface area contributed by atoms with Crippen molar-refractivity contribution in [2.45, 2.75) is 58.0 Å². The number of aromatic nitrogens is 1. The predicted molar refractivity (Wildman–Crippen MR) is 170 cm³/mol. The van der Waals surface area contributed by atoms with Crippen LogP contribution in [-0.2, 0) is 16.5 Å². The highest BCUT2D eigenvalue weighted by molar-refractivity contribution is 6.30. The molecule has 3 aromatic rings. The highest BCUT2D eigenvalue weighted by atomic mass is 35.5. The summed E-state index contributed by atoms with van der Waals surface area (Å²) < 4.78 is 6.22. The van der Waals surface area contributed by atoms with Crippen molar-refractivity contribution in [2.75, 3.05) is 32.8 Å². The summed E-state index contributed by atoms with van der Waals surface area (Å²) in [7, 11) is 0. The van der Waals surface area contributed by atoms with Crippen LogP contribution in [0.25, 0.3) is 0 Å². The summed E-state index contributed by atoms with van der Waals surface area (Å²) in [6.07, 6.45) is 1.80. The first kappa shape index (κ1) is 30.3. The molecule has 1 aromatic heterocycles. The van der Waals surface area contributed by atoms with Gasteiger partial charge in [-0.25, -0.2) is 4.79 Å². The first-order valence-corrected chi connectivity index (χ1v) is 15.2. The quantitative estimate of drug-likeness (QED) is 0.339. The number of piperazine rings is 1. The SMILES string of the molecule is CCOc1cc(C(C)(C)C)ncc1C1=N[C@@](C)(c2ccc(Cl)cc2)[C@@](C)(c2ccc(Cl)cc2)N1C(=O)N1CCNCC1. The maximum Gasteiger partial charge on any atom is 0.326 e. The maximum absolute atomic E-state index is 14.7. The summed E-state index contributed by atoms with van der Waals surface area (Å²) in [6, 6.07) is 17.3. The molecule has 7 nitrogen and oxygen atoms in total. The van der Waals surface area contributed by atoms with E-state index in [2.05, 4.69) is 39.9 Å². The van der Waals surface area contributed by atoms with Crippen molar-refractivity contribution in [3.8, 4) is 5.75 Å². The van der Waals surface area contributed by atoms with Crippen LogP contribution in [0.5, 0.6) is 5.75 Å². The highest BCUT2D eigenvalue weighted by Gasteiger charge is 2.60. The molecular formula is C33H39Cl2N5O2. The summed E-state index contributed by atoms with van der Waals surface area (Å²) in [5, 5.41) is 4.61. The minimum Gasteiger partial charge on any atom is -0.493 e. The summed E-state index contributed by atoms with van der Waals surface area (Å²) in [6.45, 7) is 15.6. The smallest absolute Gasteiger partial charge is 0.326 e. The monoisotopic (exact) mass is 607 g/mol. The fraction of sp³-hybridized carbons (Fsp3) is 0.424. The molecule has 2 aliphatic rings. The number of rotatable bonds is 5. The summed E-state index contributed by atoms with van der Waals surface area (Å²) in [4.78, 5) is 28.8. The zero-order valence-electron chi connectivity index (χ0n) is 25.2. The van der Waals surface area contributed by atoms with E-state index in [9.17, 15) is 4.79 Å². The normalized spacial score (nSPS) is 22.7. The fourth-order valence-electron chi connectivity index (χ4n) is 5.85. The average molecular weight is 609 g/mol. The third-order valence-corrected chi connectivity index (χ3v) is 9.01. The van der Waals surface area contributed by atoms with Crippen LogP contribution in [0.15, 0.2) is 65.8 Å². The Labute approximate surface area is 258 Å². The molecule has 0 spiro atoms. The van der Waals surface area contributed by atoms with E-state index in [0.29, 0.717) is 46.9 Å². The molecule has 222 valence electrons. The van der Waals surface area contributed by atoms with Crippen molar-refractivity contribution >= 4 is 35.1 Å². The Hall–Kier alpha value is -3.13. The van der Waals surface area contributed by atoms with Crippen LogP contribution >= 0.6 is 23.2 Å².